The fourth-order valence-electron chi connectivity index (χ4n) is 1.51. The van der Waals surface area contributed by atoms with Crippen LogP contribution in [0, 0.1) is 23.3 Å². The van der Waals surface area contributed by atoms with Gasteiger partial charge < -0.3 is 4.43 Å². The van der Waals surface area contributed by atoms with Crippen LogP contribution in [0.1, 0.15) is 26.3 Å². The highest BCUT2D eigenvalue weighted by Crippen LogP contribution is 2.24. The van der Waals surface area contributed by atoms with Gasteiger partial charge in [0.1, 0.15) is 0 Å². The SMILES string of the molecule is CC[Si]OC(C)(C)Cc1cc(F)c(F)c(F)c1F. The van der Waals surface area contributed by atoms with Crippen LogP contribution >= 0.6 is 0 Å². The first-order valence-corrected chi connectivity index (χ1v) is 6.62. The average Bonchev–Trinajstić information content (AvgIpc) is 2.30. The number of halogens is 4. The second-order valence-corrected chi connectivity index (χ2v) is 5.70. The molecule has 0 spiro atoms. The maximum absolute atomic E-state index is 13.5. The summed E-state index contributed by atoms with van der Waals surface area (Å²) in [6, 6.07) is 1.48. The van der Waals surface area contributed by atoms with Crippen molar-refractivity contribution >= 4 is 9.76 Å². The Balaban J connectivity index is 2.98. The molecule has 1 aromatic carbocycles. The van der Waals surface area contributed by atoms with Crippen molar-refractivity contribution in [1.29, 1.82) is 0 Å². The second kappa shape index (κ2) is 5.84. The normalized spacial score (nSPS) is 11.9. The zero-order valence-corrected chi connectivity index (χ0v) is 11.4. The summed E-state index contributed by atoms with van der Waals surface area (Å²) in [6.07, 6.45) is -0.0278. The fraction of sp³-hybridized carbons (Fsp3) is 0.500. The summed E-state index contributed by atoms with van der Waals surface area (Å²) in [5.74, 6) is -6.31. The highest BCUT2D eigenvalue weighted by molar-refractivity contribution is 6.27. The molecule has 18 heavy (non-hydrogen) atoms. The molecule has 0 heterocycles. The van der Waals surface area contributed by atoms with Crippen LogP contribution in [0.15, 0.2) is 6.07 Å². The Morgan fingerprint density at radius 3 is 2.28 bits per heavy atom. The van der Waals surface area contributed by atoms with Gasteiger partial charge in [-0.1, -0.05) is 6.92 Å². The van der Waals surface area contributed by atoms with E-state index in [1.165, 1.54) is 0 Å². The van der Waals surface area contributed by atoms with E-state index in [4.69, 9.17) is 4.43 Å². The van der Waals surface area contributed by atoms with Gasteiger partial charge in [0.15, 0.2) is 23.3 Å². The molecule has 0 fully saturated rings. The van der Waals surface area contributed by atoms with Crippen LogP contribution in [0.3, 0.4) is 0 Å². The maximum atomic E-state index is 13.5. The molecule has 0 amide bonds. The van der Waals surface area contributed by atoms with Crippen molar-refractivity contribution in [2.75, 3.05) is 0 Å². The van der Waals surface area contributed by atoms with Crippen LogP contribution < -0.4 is 0 Å². The van der Waals surface area contributed by atoms with Crippen molar-refractivity contribution in [1.82, 2.24) is 0 Å². The summed E-state index contributed by atoms with van der Waals surface area (Å²) in [7, 11) is 0.223. The molecule has 0 N–H and O–H groups in total. The van der Waals surface area contributed by atoms with Gasteiger partial charge in [-0.25, -0.2) is 17.6 Å². The lowest BCUT2D eigenvalue weighted by atomic mass is 9.98. The van der Waals surface area contributed by atoms with Crippen molar-refractivity contribution in [3.8, 4) is 0 Å². The predicted octanol–water partition coefficient (Wildman–Crippen LogP) is 3.64. The highest BCUT2D eigenvalue weighted by atomic mass is 28.2. The van der Waals surface area contributed by atoms with Gasteiger partial charge in [0.25, 0.3) is 0 Å². The van der Waals surface area contributed by atoms with Gasteiger partial charge in [0, 0.05) is 6.42 Å². The summed E-state index contributed by atoms with van der Waals surface area (Å²) in [5.41, 5.74) is -0.983. The molecule has 1 aromatic rings. The molecular weight excluding hydrogens is 264 g/mol. The molecule has 0 saturated carbocycles. The minimum absolute atomic E-state index is 0.0278. The first-order chi connectivity index (χ1) is 8.28. The van der Waals surface area contributed by atoms with Gasteiger partial charge in [0.05, 0.1) is 5.60 Å². The molecule has 0 aliphatic carbocycles. The van der Waals surface area contributed by atoms with E-state index in [0.717, 1.165) is 6.04 Å². The Bertz CT molecular complexity index is 435. The third-order valence-electron chi connectivity index (χ3n) is 2.29. The van der Waals surface area contributed by atoms with Gasteiger partial charge in [-0.05, 0) is 31.5 Å². The van der Waals surface area contributed by atoms with Crippen LogP contribution in [0.5, 0.6) is 0 Å². The molecule has 0 unspecified atom stereocenters. The van der Waals surface area contributed by atoms with Gasteiger partial charge >= 0.3 is 0 Å². The molecular formula is C12H14F4OSi. The molecule has 2 radical (unpaired) electrons. The lowest BCUT2D eigenvalue weighted by Crippen LogP contribution is -2.29. The van der Waals surface area contributed by atoms with E-state index in [1.807, 2.05) is 6.92 Å². The van der Waals surface area contributed by atoms with Crippen molar-refractivity contribution in [2.45, 2.75) is 38.8 Å². The molecule has 0 aliphatic heterocycles. The first kappa shape index (κ1) is 15.2. The topological polar surface area (TPSA) is 9.23 Å². The maximum Gasteiger partial charge on any atom is 0.230 e. The minimum atomic E-state index is -1.79. The molecule has 0 bridgehead atoms. The van der Waals surface area contributed by atoms with E-state index >= 15 is 0 Å². The van der Waals surface area contributed by atoms with E-state index < -0.39 is 28.9 Å². The first-order valence-electron chi connectivity index (χ1n) is 5.51. The standard InChI is InChI=1S/C12H14F4OSi/c1-4-18-17-12(2,3)6-7-5-8(13)10(15)11(16)9(7)14/h5H,4,6H2,1-3H3. The van der Waals surface area contributed by atoms with Gasteiger partial charge in [-0.15, -0.1) is 0 Å². The third kappa shape index (κ3) is 3.55. The molecule has 0 saturated heterocycles. The van der Waals surface area contributed by atoms with Crippen molar-refractivity contribution in [3.05, 3.63) is 34.9 Å². The molecule has 1 nitrogen and oxygen atoms in total. The molecule has 0 aliphatic rings. The van der Waals surface area contributed by atoms with E-state index in [0.29, 0.717) is 6.07 Å². The fourth-order valence-corrected chi connectivity index (χ4v) is 2.12. The molecule has 1 rings (SSSR count). The summed E-state index contributed by atoms with van der Waals surface area (Å²) >= 11 is 0. The quantitative estimate of drug-likeness (QED) is 0.346. The molecule has 0 atom stereocenters. The Hall–Kier alpha value is -0.883. The highest BCUT2D eigenvalue weighted by Gasteiger charge is 2.25. The van der Waals surface area contributed by atoms with E-state index in [2.05, 4.69) is 0 Å². The van der Waals surface area contributed by atoms with Gasteiger partial charge in [-0.3, -0.25) is 0 Å². The minimum Gasteiger partial charge on any atom is -0.412 e. The molecule has 0 aromatic heterocycles. The number of benzene rings is 1. The predicted molar refractivity (Wildman–Crippen MR) is 61.4 cm³/mol. The largest absolute Gasteiger partial charge is 0.412 e. The van der Waals surface area contributed by atoms with E-state index in [9.17, 15) is 17.6 Å². The van der Waals surface area contributed by atoms with Crippen LogP contribution in [0.2, 0.25) is 6.04 Å². The van der Waals surface area contributed by atoms with E-state index in [-0.39, 0.29) is 21.7 Å². The Morgan fingerprint density at radius 2 is 1.72 bits per heavy atom. The third-order valence-corrected chi connectivity index (χ3v) is 3.27. The molecule has 6 heteroatoms. The summed E-state index contributed by atoms with van der Waals surface area (Å²) in [5, 5.41) is 0. The number of hydrogen-bond acceptors (Lipinski definition) is 1. The Kier molecular flexibility index (Phi) is 4.92. The summed E-state index contributed by atoms with van der Waals surface area (Å²) in [4.78, 5) is 0. The summed E-state index contributed by atoms with van der Waals surface area (Å²) < 4.78 is 57.8. The van der Waals surface area contributed by atoms with Gasteiger partial charge in [0.2, 0.25) is 9.76 Å². The monoisotopic (exact) mass is 278 g/mol. The zero-order chi connectivity index (χ0) is 13.9. The van der Waals surface area contributed by atoms with Gasteiger partial charge in [-0.2, -0.15) is 0 Å². The average molecular weight is 278 g/mol. The lowest BCUT2D eigenvalue weighted by Gasteiger charge is -2.25. The smallest absolute Gasteiger partial charge is 0.230 e. The van der Waals surface area contributed by atoms with E-state index in [1.54, 1.807) is 13.8 Å². The zero-order valence-electron chi connectivity index (χ0n) is 10.4. The number of rotatable bonds is 5. The van der Waals surface area contributed by atoms with Crippen LogP contribution in [0.25, 0.3) is 0 Å². The second-order valence-electron chi connectivity index (χ2n) is 4.50. The van der Waals surface area contributed by atoms with Crippen LogP contribution in [0.4, 0.5) is 17.6 Å². The van der Waals surface area contributed by atoms with Crippen LogP contribution in [-0.2, 0) is 10.8 Å². The Labute approximate surface area is 106 Å². The lowest BCUT2D eigenvalue weighted by molar-refractivity contribution is 0.115. The summed E-state index contributed by atoms with van der Waals surface area (Å²) in [6.45, 7) is 5.30. The van der Waals surface area contributed by atoms with Crippen LogP contribution in [-0.4, -0.2) is 15.4 Å². The number of hydrogen-bond donors (Lipinski definition) is 0. The Morgan fingerprint density at radius 1 is 1.11 bits per heavy atom. The van der Waals surface area contributed by atoms with Crippen molar-refractivity contribution in [3.63, 3.8) is 0 Å². The van der Waals surface area contributed by atoms with Crippen molar-refractivity contribution < 1.29 is 22.0 Å². The van der Waals surface area contributed by atoms with Crippen molar-refractivity contribution in [2.24, 2.45) is 0 Å². The molecule has 100 valence electrons.